The standard InChI is InChI=1S/C10H9ClN4O2/c11-7-5-6(12)1-2-8(7)14-10(16)15-9-3-4-13-17-9/h1-5H,12H2,(H2,14,15,16). The van der Waals surface area contributed by atoms with Gasteiger partial charge in [-0.2, -0.15) is 0 Å². The first-order valence-corrected chi connectivity index (χ1v) is 5.06. The SMILES string of the molecule is Nc1ccc(NC(=O)Nc2ccno2)c(Cl)c1. The average Bonchev–Trinajstić information content (AvgIpc) is 2.75. The van der Waals surface area contributed by atoms with E-state index in [1.165, 1.54) is 12.3 Å². The number of benzene rings is 1. The number of nitrogens with two attached hydrogens (primary N) is 1. The molecule has 0 unspecified atom stereocenters. The molecule has 2 rings (SSSR count). The maximum absolute atomic E-state index is 11.5. The molecule has 0 aliphatic rings. The van der Waals surface area contributed by atoms with Gasteiger partial charge in [-0.25, -0.2) is 4.79 Å². The summed E-state index contributed by atoms with van der Waals surface area (Å²) in [6.07, 6.45) is 1.42. The van der Waals surface area contributed by atoms with Crippen molar-refractivity contribution in [3.63, 3.8) is 0 Å². The highest BCUT2D eigenvalue weighted by Gasteiger charge is 2.07. The van der Waals surface area contributed by atoms with Crippen molar-refractivity contribution in [1.82, 2.24) is 5.16 Å². The monoisotopic (exact) mass is 252 g/mol. The topological polar surface area (TPSA) is 93.2 Å². The summed E-state index contributed by atoms with van der Waals surface area (Å²) in [5.41, 5.74) is 6.51. The lowest BCUT2D eigenvalue weighted by molar-refractivity contribution is 0.261. The third-order valence-corrected chi connectivity index (χ3v) is 2.23. The van der Waals surface area contributed by atoms with Crippen LogP contribution in [0, 0.1) is 0 Å². The van der Waals surface area contributed by atoms with Crippen molar-refractivity contribution in [2.45, 2.75) is 0 Å². The van der Waals surface area contributed by atoms with Crippen molar-refractivity contribution < 1.29 is 9.32 Å². The lowest BCUT2D eigenvalue weighted by Gasteiger charge is -2.07. The molecule has 1 aromatic heterocycles. The summed E-state index contributed by atoms with van der Waals surface area (Å²) in [6.45, 7) is 0. The van der Waals surface area contributed by atoms with Crippen LogP contribution in [0.15, 0.2) is 35.0 Å². The number of anilines is 3. The highest BCUT2D eigenvalue weighted by molar-refractivity contribution is 6.34. The van der Waals surface area contributed by atoms with E-state index in [-0.39, 0.29) is 5.88 Å². The summed E-state index contributed by atoms with van der Waals surface area (Å²) >= 11 is 5.90. The predicted molar refractivity (Wildman–Crippen MR) is 65.0 cm³/mol. The van der Waals surface area contributed by atoms with Gasteiger partial charge in [0.1, 0.15) is 0 Å². The molecule has 17 heavy (non-hydrogen) atoms. The van der Waals surface area contributed by atoms with Gasteiger partial charge in [0, 0.05) is 11.8 Å². The van der Waals surface area contributed by atoms with Crippen LogP contribution in [-0.4, -0.2) is 11.2 Å². The predicted octanol–water partition coefficient (Wildman–Crippen LogP) is 2.55. The summed E-state index contributed by atoms with van der Waals surface area (Å²) in [6, 6.07) is 5.83. The van der Waals surface area contributed by atoms with Crippen molar-refractivity contribution in [3.05, 3.63) is 35.5 Å². The van der Waals surface area contributed by atoms with Crippen molar-refractivity contribution in [3.8, 4) is 0 Å². The Morgan fingerprint density at radius 3 is 2.82 bits per heavy atom. The fraction of sp³-hybridized carbons (Fsp3) is 0. The van der Waals surface area contributed by atoms with Gasteiger partial charge < -0.3 is 15.6 Å². The van der Waals surface area contributed by atoms with Crippen molar-refractivity contribution in [2.24, 2.45) is 0 Å². The Kier molecular flexibility index (Phi) is 3.15. The summed E-state index contributed by atoms with van der Waals surface area (Å²) in [5.74, 6) is 0.245. The zero-order valence-electron chi connectivity index (χ0n) is 8.61. The fourth-order valence-electron chi connectivity index (χ4n) is 1.18. The molecule has 0 atom stereocenters. The quantitative estimate of drug-likeness (QED) is 0.716. The minimum absolute atomic E-state index is 0.245. The molecule has 0 saturated carbocycles. The molecule has 0 bridgehead atoms. The number of urea groups is 1. The molecule has 88 valence electrons. The van der Waals surface area contributed by atoms with E-state index in [2.05, 4.69) is 15.8 Å². The minimum Gasteiger partial charge on any atom is -0.399 e. The van der Waals surface area contributed by atoms with Crippen molar-refractivity contribution in [1.29, 1.82) is 0 Å². The summed E-state index contributed by atoms with van der Waals surface area (Å²) in [7, 11) is 0. The minimum atomic E-state index is -0.478. The number of rotatable bonds is 2. The second-order valence-corrected chi connectivity index (χ2v) is 3.60. The summed E-state index contributed by atoms with van der Waals surface area (Å²) < 4.78 is 4.72. The molecule has 0 saturated heterocycles. The number of halogens is 1. The van der Waals surface area contributed by atoms with Crippen LogP contribution in [-0.2, 0) is 0 Å². The van der Waals surface area contributed by atoms with Gasteiger partial charge >= 0.3 is 6.03 Å². The van der Waals surface area contributed by atoms with Gasteiger partial charge in [-0.05, 0) is 18.2 Å². The molecular formula is C10H9ClN4O2. The lowest BCUT2D eigenvalue weighted by Crippen LogP contribution is -2.19. The molecule has 7 heteroatoms. The fourth-order valence-corrected chi connectivity index (χ4v) is 1.41. The zero-order valence-corrected chi connectivity index (χ0v) is 9.36. The van der Waals surface area contributed by atoms with Gasteiger partial charge in [0.15, 0.2) is 0 Å². The number of amides is 2. The molecule has 1 heterocycles. The van der Waals surface area contributed by atoms with Crippen LogP contribution >= 0.6 is 11.6 Å². The number of carbonyl (C=O) groups excluding carboxylic acids is 1. The van der Waals surface area contributed by atoms with Crippen LogP contribution < -0.4 is 16.4 Å². The van der Waals surface area contributed by atoms with Crippen LogP contribution in [0.3, 0.4) is 0 Å². The van der Waals surface area contributed by atoms with Crippen LogP contribution in [0.1, 0.15) is 0 Å². The van der Waals surface area contributed by atoms with Gasteiger partial charge in [-0.15, -0.1) is 0 Å². The Balaban J connectivity index is 2.03. The van der Waals surface area contributed by atoms with Gasteiger partial charge in [0.05, 0.1) is 16.9 Å². The van der Waals surface area contributed by atoms with Gasteiger partial charge in [-0.3, -0.25) is 5.32 Å². The van der Waals surface area contributed by atoms with Gasteiger partial charge in [-0.1, -0.05) is 16.8 Å². The van der Waals surface area contributed by atoms with Crippen LogP contribution in [0.2, 0.25) is 5.02 Å². The van der Waals surface area contributed by atoms with E-state index >= 15 is 0 Å². The number of nitrogens with one attached hydrogen (secondary N) is 2. The largest absolute Gasteiger partial charge is 0.399 e. The normalized spacial score (nSPS) is 9.94. The molecule has 0 fully saturated rings. The molecular weight excluding hydrogens is 244 g/mol. The second kappa shape index (κ2) is 4.75. The first-order chi connectivity index (χ1) is 8.15. The zero-order chi connectivity index (χ0) is 12.3. The molecule has 1 aromatic carbocycles. The Labute approximate surface area is 102 Å². The second-order valence-electron chi connectivity index (χ2n) is 3.20. The first kappa shape index (κ1) is 11.3. The van der Waals surface area contributed by atoms with E-state index in [1.807, 2.05) is 0 Å². The molecule has 0 aliphatic heterocycles. The Hall–Kier alpha value is -2.21. The lowest BCUT2D eigenvalue weighted by atomic mass is 10.3. The Morgan fingerprint density at radius 2 is 2.18 bits per heavy atom. The molecule has 2 amide bonds. The maximum atomic E-state index is 11.5. The van der Waals surface area contributed by atoms with E-state index in [4.69, 9.17) is 21.9 Å². The summed E-state index contributed by atoms with van der Waals surface area (Å²) in [5, 5.41) is 8.80. The van der Waals surface area contributed by atoms with E-state index in [9.17, 15) is 4.79 Å². The van der Waals surface area contributed by atoms with Crippen molar-refractivity contribution in [2.75, 3.05) is 16.4 Å². The molecule has 4 N–H and O–H groups in total. The van der Waals surface area contributed by atoms with Crippen LogP contribution in [0.4, 0.5) is 22.1 Å². The number of nitrogen functional groups attached to an aromatic ring is 1. The van der Waals surface area contributed by atoms with Crippen LogP contribution in [0.5, 0.6) is 0 Å². The van der Waals surface area contributed by atoms with E-state index in [1.54, 1.807) is 18.2 Å². The molecule has 0 spiro atoms. The summed E-state index contributed by atoms with van der Waals surface area (Å²) in [4.78, 5) is 11.5. The third kappa shape index (κ3) is 2.88. The molecule has 2 aromatic rings. The maximum Gasteiger partial charge on any atom is 0.326 e. The van der Waals surface area contributed by atoms with Crippen LogP contribution in [0.25, 0.3) is 0 Å². The highest BCUT2D eigenvalue weighted by Crippen LogP contribution is 2.24. The molecule has 0 aliphatic carbocycles. The van der Waals surface area contributed by atoms with Gasteiger partial charge in [0.2, 0.25) is 5.88 Å². The Bertz CT molecular complexity index is 527. The Morgan fingerprint density at radius 1 is 1.35 bits per heavy atom. The number of nitrogens with zero attached hydrogens (tertiary/aromatic N) is 1. The molecule has 0 radical (unpaired) electrons. The first-order valence-electron chi connectivity index (χ1n) is 4.69. The molecule has 6 nitrogen and oxygen atoms in total. The third-order valence-electron chi connectivity index (χ3n) is 1.92. The average molecular weight is 253 g/mol. The number of hydrogen-bond donors (Lipinski definition) is 3. The highest BCUT2D eigenvalue weighted by atomic mass is 35.5. The van der Waals surface area contributed by atoms with E-state index in [0.717, 1.165) is 0 Å². The number of hydrogen-bond acceptors (Lipinski definition) is 4. The van der Waals surface area contributed by atoms with Gasteiger partial charge in [0.25, 0.3) is 0 Å². The van der Waals surface area contributed by atoms with E-state index in [0.29, 0.717) is 16.4 Å². The number of aromatic nitrogens is 1. The van der Waals surface area contributed by atoms with Crippen molar-refractivity contribution >= 4 is 34.9 Å². The number of carbonyl (C=O) groups is 1. The van der Waals surface area contributed by atoms with E-state index < -0.39 is 6.03 Å². The smallest absolute Gasteiger partial charge is 0.326 e.